The van der Waals surface area contributed by atoms with Crippen LogP contribution in [-0.2, 0) is 11.3 Å². The Morgan fingerprint density at radius 3 is 2.62 bits per heavy atom. The molecule has 1 heterocycles. The van der Waals surface area contributed by atoms with Gasteiger partial charge < -0.3 is 4.74 Å². The number of thiazole rings is 1. The molecule has 5 nitrogen and oxygen atoms in total. The summed E-state index contributed by atoms with van der Waals surface area (Å²) in [6.45, 7) is 3.48. The average Bonchev–Trinajstić information content (AvgIpc) is 2.90. The summed E-state index contributed by atoms with van der Waals surface area (Å²) in [5, 5.41) is 18.3. The zero-order chi connectivity index (χ0) is 17.4. The second-order valence-corrected chi connectivity index (χ2v) is 5.96. The summed E-state index contributed by atoms with van der Waals surface area (Å²) < 4.78 is 7.71. The van der Waals surface area contributed by atoms with Crippen molar-refractivity contribution in [3.63, 3.8) is 0 Å². The van der Waals surface area contributed by atoms with Gasteiger partial charge in [0, 0.05) is 19.8 Å². The van der Waals surface area contributed by atoms with Crippen molar-refractivity contribution in [2.45, 2.75) is 19.9 Å². The normalized spacial score (nSPS) is 11.0. The highest BCUT2D eigenvalue weighted by Crippen LogP contribution is 1.99. The molecule has 0 aliphatic rings. The van der Waals surface area contributed by atoms with Crippen molar-refractivity contribution in [1.82, 2.24) is 4.57 Å². The second-order valence-electron chi connectivity index (χ2n) is 4.93. The summed E-state index contributed by atoms with van der Waals surface area (Å²) in [7, 11) is 0. The molecule has 0 fully saturated rings. The van der Waals surface area contributed by atoms with E-state index in [0.717, 1.165) is 5.56 Å². The minimum absolute atomic E-state index is 0.0405. The predicted molar refractivity (Wildman–Crippen MR) is 93.6 cm³/mol. The van der Waals surface area contributed by atoms with Crippen LogP contribution in [0.5, 0.6) is 0 Å². The van der Waals surface area contributed by atoms with E-state index in [0.29, 0.717) is 35.4 Å². The Morgan fingerprint density at radius 2 is 2.00 bits per heavy atom. The lowest BCUT2D eigenvalue weighted by Crippen LogP contribution is -2.32. The second kappa shape index (κ2) is 8.83. The molecular weight excluding hydrogens is 322 g/mol. The van der Waals surface area contributed by atoms with E-state index in [2.05, 4.69) is 0 Å². The summed E-state index contributed by atoms with van der Waals surface area (Å²) >= 11 is 1.17. The van der Waals surface area contributed by atoms with Crippen LogP contribution in [-0.4, -0.2) is 17.8 Å². The first-order chi connectivity index (χ1) is 11.7. The van der Waals surface area contributed by atoms with Crippen molar-refractivity contribution in [1.29, 1.82) is 10.5 Å². The highest BCUT2D eigenvalue weighted by Gasteiger charge is 2.09. The van der Waals surface area contributed by atoms with Gasteiger partial charge in [-0.25, -0.2) is 0 Å². The fourth-order valence-corrected chi connectivity index (χ4v) is 3.28. The van der Waals surface area contributed by atoms with E-state index >= 15 is 0 Å². The summed E-state index contributed by atoms with van der Waals surface area (Å²) in [5.41, 5.74) is 0.680. The summed E-state index contributed by atoms with van der Waals surface area (Å²) in [4.78, 5) is 12.7. The van der Waals surface area contributed by atoms with Gasteiger partial charge in [-0.1, -0.05) is 30.3 Å². The molecule has 0 unspecified atom stereocenters. The smallest absolute Gasteiger partial charge is 0.269 e. The quantitative estimate of drug-likeness (QED) is 0.745. The number of nitrogens with zero attached hydrogens (tertiary/aromatic N) is 3. The van der Waals surface area contributed by atoms with Crippen LogP contribution >= 0.6 is 11.3 Å². The molecule has 0 aliphatic carbocycles. The molecule has 24 heavy (non-hydrogen) atoms. The molecule has 0 aliphatic heterocycles. The van der Waals surface area contributed by atoms with Crippen molar-refractivity contribution in [3.8, 4) is 12.1 Å². The fourth-order valence-electron chi connectivity index (χ4n) is 2.20. The van der Waals surface area contributed by atoms with Gasteiger partial charge in [0.2, 0.25) is 0 Å². The third kappa shape index (κ3) is 4.20. The van der Waals surface area contributed by atoms with Gasteiger partial charge in [0.05, 0.1) is 4.53 Å². The molecule has 0 saturated heterocycles. The molecular formula is C18H17N3O2S. The van der Waals surface area contributed by atoms with E-state index in [1.807, 2.05) is 49.4 Å². The highest BCUT2D eigenvalue weighted by molar-refractivity contribution is 7.07. The molecule has 0 spiro atoms. The van der Waals surface area contributed by atoms with Gasteiger partial charge in [-0.2, -0.15) is 10.5 Å². The predicted octanol–water partition coefficient (Wildman–Crippen LogP) is 1.36. The Labute approximate surface area is 144 Å². The van der Waals surface area contributed by atoms with E-state index < -0.39 is 0 Å². The SMILES string of the molecule is CCOCCCn1c(=C(C#N)C#N)sc(=Cc2ccccc2)c1=O. The van der Waals surface area contributed by atoms with Crippen molar-refractivity contribution in [3.05, 3.63) is 55.4 Å². The maximum Gasteiger partial charge on any atom is 0.269 e. The van der Waals surface area contributed by atoms with E-state index in [9.17, 15) is 4.79 Å². The summed E-state index contributed by atoms with van der Waals surface area (Å²) in [6.07, 6.45) is 2.42. The molecule has 0 bridgehead atoms. The summed E-state index contributed by atoms with van der Waals surface area (Å²) in [6, 6.07) is 13.2. The number of aromatic nitrogens is 1. The Bertz CT molecular complexity index is 927. The average molecular weight is 339 g/mol. The number of hydrogen-bond donors (Lipinski definition) is 0. The number of nitriles is 2. The van der Waals surface area contributed by atoms with Crippen molar-refractivity contribution >= 4 is 23.0 Å². The minimum Gasteiger partial charge on any atom is -0.382 e. The number of hydrogen-bond acceptors (Lipinski definition) is 5. The minimum atomic E-state index is -0.182. The van der Waals surface area contributed by atoms with Crippen molar-refractivity contribution in [2.75, 3.05) is 13.2 Å². The van der Waals surface area contributed by atoms with Gasteiger partial charge in [-0.05, 0) is 25.0 Å². The Balaban J connectivity index is 2.55. The molecule has 1 aromatic heterocycles. The van der Waals surface area contributed by atoms with Crippen LogP contribution in [0.2, 0.25) is 0 Å². The first kappa shape index (κ1) is 17.7. The lowest BCUT2D eigenvalue weighted by Gasteiger charge is -2.02. The van der Waals surface area contributed by atoms with Gasteiger partial charge in [-0.3, -0.25) is 9.36 Å². The molecule has 0 N–H and O–H groups in total. The molecule has 2 aromatic rings. The van der Waals surface area contributed by atoms with E-state index in [1.54, 1.807) is 6.08 Å². The van der Waals surface area contributed by atoms with Crippen LogP contribution in [0, 0.1) is 22.7 Å². The van der Waals surface area contributed by atoms with E-state index in [4.69, 9.17) is 15.3 Å². The molecule has 0 saturated carbocycles. The number of ether oxygens (including phenoxy) is 1. The van der Waals surface area contributed by atoms with Crippen molar-refractivity contribution in [2.24, 2.45) is 0 Å². The Kier molecular flexibility index (Phi) is 6.51. The maximum absolute atomic E-state index is 12.7. The number of rotatable bonds is 6. The van der Waals surface area contributed by atoms with Gasteiger partial charge >= 0.3 is 0 Å². The fraction of sp³-hybridized carbons (Fsp3) is 0.278. The zero-order valence-corrected chi connectivity index (χ0v) is 14.2. The third-order valence-corrected chi connectivity index (χ3v) is 4.45. The van der Waals surface area contributed by atoms with E-state index in [1.165, 1.54) is 15.9 Å². The van der Waals surface area contributed by atoms with Crippen LogP contribution in [0.3, 0.4) is 0 Å². The third-order valence-electron chi connectivity index (χ3n) is 3.32. The molecule has 6 heteroatoms. The first-order valence-corrected chi connectivity index (χ1v) is 8.41. The van der Waals surface area contributed by atoms with Gasteiger partial charge in [-0.15, -0.1) is 11.3 Å². The highest BCUT2D eigenvalue weighted by atomic mass is 32.1. The molecule has 2 rings (SSSR count). The molecule has 0 radical (unpaired) electrons. The lowest BCUT2D eigenvalue weighted by molar-refractivity contribution is 0.141. The van der Waals surface area contributed by atoms with Crippen LogP contribution in [0.15, 0.2) is 35.1 Å². The molecule has 0 amide bonds. The van der Waals surface area contributed by atoms with Gasteiger partial charge in [0.1, 0.15) is 16.8 Å². The van der Waals surface area contributed by atoms with Crippen LogP contribution < -0.4 is 14.8 Å². The van der Waals surface area contributed by atoms with Crippen molar-refractivity contribution < 1.29 is 4.74 Å². The largest absolute Gasteiger partial charge is 0.382 e. The van der Waals surface area contributed by atoms with Crippen LogP contribution in [0.1, 0.15) is 18.9 Å². The van der Waals surface area contributed by atoms with Gasteiger partial charge in [0.25, 0.3) is 5.56 Å². The summed E-state index contributed by atoms with van der Waals surface area (Å²) in [5.74, 6) is 0. The monoisotopic (exact) mass is 339 g/mol. The molecule has 1 aromatic carbocycles. The zero-order valence-electron chi connectivity index (χ0n) is 13.4. The Hall–Kier alpha value is -2.67. The first-order valence-electron chi connectivity index (χ1n) is 7.60. The lowest BCUT2D eigenvalue weighted by atomic mass is 10.2. The maximum atomic E-state index is 12.7. The number of benzene rings is 1. The van der Waals surface area contributed by atoms with Crippen LogP contribution in [0.4, 0.5) is 0 Å². The van der Waals surface area contributed by atoms with Crippen LogP contribution in [0.25, 0.3) is 11.6 Å². The van der Waals surface area contributed by atoms with Gasteiger partial charge in [0.15, 0.2) is 5.57 Å². The standard InChI is InChI=1S/C18H17N3O2S/c1-2-23-10-6-9-21-17(22)16(11-14-7-4-3-5-8-14)24-18(21)15(12-19)13-20/h3-5,7-8,11H,2,6,9-10H2,1H3. The molecule has 122 valence electrons. The topological polar surface area (TPSA) is 78.8 Å². The van der Waals surface area contributed by atoms with E-state index in [-0.39, 0.29) is 11.1 Å². The Morgan fingerprint density at radius 1 is 1.29 bits per heavy atom. The molecule has 0 atom stereocenters.